The van der Waals surface area contributed by atoms with E-state index in [1.54, 1.807) is 6.07 Å². The molecule has 0 bridgehead atoms. The van der Waals surface area contributed by atoms with E-state index in [0.29, 0.717) is 19.4 Å². The average Bonchev–Trinajstić information content (AvgIpc) is 2.82. The number of methoxy groups -OCH3 is 1. The van der Waals surface area contributed by atoms with Gasteiger partial charge in [0.2, 0.25) is 5.91 Å². The highest BCUT2D eigenvalue weighted by molar-refractivity contribution is 7.91. The number of aryl methyl sites for hydroxylation is 1. The smallest absolute Gasteiger partial charge is 0.220 e. The molecule has 1 atom stereocenters. The molecule has 0 spiro atoms. The maximum atomic E-state index is 13.5. The molecule has 1 saturated heterocycles. The van der Waals surface area contributed by atoms with E-state index in [2.05, 4.69) is 5.32 Å². The van der Waals surface area contributed by atoms with E-state index in [9.17, 15) is 17.6 Å². The van der Waals surface area contributed by atoms with E-state index in [4.69, 9.17) is 4.74 Å². The summed E-state index contributed by atoms with van der Waals surface area (Å²) in [5.41, 5.74) is 0.719. The normalized spacial score (nSPS) is 19.8. The molecule has 0 radical (unpaired) electrons. The summed E-state index contributed by atoms with van der Waals surface area (Å²) in [6, 6.07) is 4.61. The van der Waals surface area contributed by atoms with Crippen LogP contribution in [0.25, 0.3) is 0 Å². The lowest BCUT2D eigenvalue weighted by molar-refractivity contribution is -0.121. The summed E-state index contributed by atoms with van der Waals surface area (Å²) in [4.78, 5) is 11.8. The van der Waals surface area contributed by atoms with Crippen molar-refractivity contribution in [3.8, 4) is 5.75 Å². The van der Waals surface area contributed by atoms with Crippen molar-refractivity contribution in [2.45, 2.75) is 19.3 Å². The molecule has 5 nitrogen and oxygen atoms in total. The number of hydrogen-bond donors (Lipinski definition) is 1. The van der Waals surface area contributed by atoms with E-state index in [0.717, 1.165) is 5.56 Å². The molecule has 1 aliphatic rings. The molecule has 0 saturated carbocycles. The van der Waals surface area contributed by atoms with Gasteiger partial charge in [-0.2, -0.15) is 0 Å². The molecule has 1 aliphatic heterocycles. The quantitative estimate of drug-likeness (QED) is 0.854. The fourth-order valence-electron chi connectivity index (χ4n) is 2.50. The van der Waals surface area contributed by atoms with Gasteiger partial charge < -0.3 is 10.1 Å². The molecule has 0 aromatic heterocycles. The Bertz CT molecular complexity index is 645. The zero-order chi connectivity index (χ0) is 16.2. The lowest BCUT2D eigenvalue weighted by Crippen LogP contribution is -2.29. The van der Waals surface area contributed by atoms with Crippen LogP contribution in [-0.2, 0) is 21.1 Å². The SMILES string of the molecule is COc1ccc(CCC(=O)NC[C@@H]2CCS(=O)(=O)C2)cc1F. The molecular weight excluding hydrogens is 309 g/mol. The predicted octanol–water partition coefficient (Wildman–Crippen LogP) is 1.32. The van der Waals surface area contributed by atoms with E-state index < -0.39 is 15.7 Å². The number of carbonyl (C=O) groups excluding carboxylic acids is 1. The summed E-state index contributed by atoms with van der Waals surface area (Å²) in [5.74, 6) is -0.0598. The molecule has 1 amide bonds. The van der Waals surface area contributed by atoms with Crippen molar-refractivity contribution in [2.75, 3.05) is 25.2 Å². The van der Waals surface area contributed by atoms with E-state index >= 15 is 0 Å². The van der Waals surface area contributed by atoms with Gasteiger partial charge in [0.05, 0.1) is 18.6 Å². The lowest BCUT2D eigenvalue weighted by atomic mass is 10.1. The van der Waals surface area contributed by atoms with Gasteiger partial charge in [0.1, 0.15) is 0 Å². The largest absolute Gasteiger partial charge is 0.494 e. The molecule has 2 rings (SSSR count). The van der Waals surface area contributed by atoms with Gasteiger partial charge in [-0.3, -0.25) is 4.79 Å². The first-order valence-electron chi connectivity index (χ1n) is 7.19. The minimum absolute atomic E-state index is 0.00683. The highest BCUT2D eigenvalue weighted by atomic mass is 32.2. The monoisotopic (exact) mass is 329 g/mol. The minimum atomic E-state index is -2.91. The van der Waals surface area contributed by atoms with E-state index in [1.807, 2.05) is 0 Å². The Hall–Kier alpha value is -1.63. The zero-order valence-corrected chi connectivity index (χ0v) is 13.3. The molecule has 22 heavy (non-hydrogen) atoms. The van der Waals surface area contributed by atoms with Gasteiger partial charge in [0, 0.05) is 13.0 Å². The van der Waals surface area contributed by atoms with Gasteiger partial charge in [-0.05, 0) is 36.5 Å². The summed E-state index contributed by atoms with van der Waals surface area (Å²) in [6.07, 6.45) is 1.27. The number of benzene rings is 1. The van der Waals surface area contributed by atoms with Crippen LogP contribution in [0.4, 0.5) is 4.39 Å². The van der Waals surface area contributed by atoms with Crippen LogP contribution in [0.15, 0.2) is 18.2 Å². The first-order chi connectivity index (χ1) is 10.4. The van der Waals surface area contributed by atoms with Crippen LogP contribution in [0.2, 0.25) is 0 Å². The molecule has 1 aromatic rings. The third-order valence-corrected chi connectivity index (χ3v) is 5.61. The molecule has 0 aliphatic carbocycles. The third-order valence-electron chi connectivity index (χ3n) is 3.77. The van der Waals surface area contributed by atoms with Crippen LogP contribution in [0.3, 0.4) is 0 Å². The number of rotatable bonds is 6. The lowest BCUT2D eigenvalue weighted by Gasteiger charge is -2.10. The van der Waals surface area contributed by atoms with Crippen molar-refractivity contribution >= 4 is 15.7 Å². The van der Waals surface area contributed by atoms with Crippen molar-refractivity contribution in [3.63, 3.8) is 0 Å². The number of hydrogen-bond acceptors (Lipinski definition) is 4. The Morgan fingerprint density at radius 1 is 1.45 bits per heavy atom. The molecule has 1 N–H and O–H groups in total. The summed E-state index contributed by atoms with van der Waals surface area (Å²) >= 11 is 0. The van der Waals surface area contributed by atoms with Gasteiger partial charge >= 0.3 is 0 Å². The van der Waals surface area contributed by atoms with Crippen molar-refractivity contribution in [3.05, 3.63) is 29.6 Å². The van der Waals surface area contributed by atoms with E-state index in [1.165, 1.54) is 19.2 Å². The second-order valence-corrected chi connectivity index (χ2v) is 7.77. The molecule has 0 unspecified atom stereocenters. The van der Waals surface area contributed by atoms with Crippen LogP contribution in [-0.4, -0.2) is 39.5 Å². The Kier molecular flexibility index (Phi) is 5.39. The van der Waals surface area contributed by atoms with E-state index in [-0.39, 0.29) is 35.5 Å². The molecule has 122 valence electrons. The van der Waals surface area contributed by atoms with Gasteiger partial charge in [-0.15, -0.1) is 0 Å². The Labute approximate surface area is 129 Å². The fourth-order valence-corrected chi connectivity index (χ4v) is 4.36. The number of carbonyl (C=O) groups is 1. The van der Waals surface area contributed by atoms with Gasteiger partial charge in [0.25, 0.3) is 0 Å². The van der Waals surface area contributed by atoms with Crippen molar-refractivity contribution in [1.29, 1.82) is 0 Å². The number of nitrogens with one attached hydrogen (secondary N) is 1. The Morgan fingerprint density at radius 3 is 2.82 bits per heavy atom. The average molecular weight is 329 g/mol. The highest BCUT2D eigenvalue weighted by Gasteiger charge is 2.27. The molecule has 1 heterocycles. The maximum Gasteiger partial charge on any atom is 0.220 e. The number of ether oxygens (including phenoxy) is 1. The number of sulfone groups is 1. The van der Waals surface area contributed by atoms with Crippen LogP contribution in [0, 0.1) is 11.7 Å². The predicted molar refractivity (Wildman–Crippen MR) is 81.0 cm³/mol. The first-order valence-corrected chi connectivity index (χ1v) is 9.01. The standard InChI is InChI=1S/C15H20FNO4S/c1-21-14-4-2-11(8-13(14)16)3-5-15(18)17-9-12-6-7-22(19,20)10-12/h2,4,8,12H,3,5-7,9-10H2,1H3,(H,17,18)/t12-/m0/s1. The van der Waals surface area contributed by atoms with Crippen LogP contribution in [0.1, 0.15) is 18.4 Å². The topological polar surface area (TPSA) is 72.5 Å². The highest BCUT2D eigenvalue weighted by Crippen LogP contribution is 2.19. The summed E-state index contributed by atoms with van der Waals surface area (Å²) in [6.45, 7) is 0.384. The van der Waals surface area contributed by atoms with Gasteiger partial charge in [-0.1, -0.05) is 6.07 Å². The zero-order valence-electron chi connectivity index (χ0n) is 12.5. The fraction of sp³-hybridized carbons (Fsp3) is 0.533. The Morgan fingerprint density at radius 2 is 2.23 bits per heavy atom. The molecular formula is C15H20FNO4S. The van der Waals surface area contributed by atoms with Crippen molar-refractivity contribution in [2.24, 2.45) is 5.92 Å². The summed E-state index contributed by atoms with van der Waals surface area (Å²) < 4.78 is 41.0. The Balaban J connectivity index is 1.75. The number of halogens is 1. The van der Waals surface area contributed by atoms with Gasteiger partial charge in [-0.25, -0.2) is 12.8 Å². The third kappa shape index (κ3) is 4.69. The first kappa shape index (κ1) is 16.7. The second kappa shape index (κ2) is 7.09. The van der Waals surface area contributed by atoms with Crippen LogP contribution < -0.4 is 10.1 Å². The summed E-state index contributed by atoms with van der Waals surface area (Å²) in [7, 11) is -1.52. The van der Waals surface area contributed by atoms with Crippen molar-refractivity contribution in [1.82, 2.24) is 5.32 Å². The summed E-state index contributed by atoms with van der Waals surface area (Å²) in [5, 5.41) is 2.75. The van der Waals surface area contributed by atoms with Gasteiger partial charge in [0.15, 0.2) is 21.4 Å². The minimum Gasteiger partial charge on any atom is -0.494 e. The molecule has 7 heteroatoms. The molecule has 1 aromatic carbocycles. The van der Waals surface area contributed by atoms with Crippen molar-refractivity contribution < 1.29 is 22.3 Å². The maximum absolute atomic E-state index is 13.5. The second-order valence-electron chi connectivity index (χ2n) is 5.54. The number of amides is 1. The van der Waals surface area contributed by atoms with Crippen LogP contribution in [0.5, 0.6) is 5.75 Å². The van der Waals surface area contributed by atoms with Crippen LogP contribution >= 0.6 is 0 Å². The molecule has 1 fully saturated rings.